The van der Waals surface area contributed by atoms with Gasteiger partial charge >= 0.3 is 0 Å². The van der Waals surface area contributed by atoms with Gasteiger partial charge in [-0.25, -0.2) is 0 Å². The summed E-state index contributed by atoms with van der Waals surface area (Å²) in [5.74, 6) is 1.79. The molecule has 0 amide bonds. The third-order valence-electron chi connectivity index (χ3n) is 3.80. The van der Waals surface area contributed by atoms with E-state index in [1.165, 1.54) is 44.1 Å². The topological polar surface area (TPSA) is 9.23 Å². The Hall–Kier alpha value is -0.0200. The van der Waals surface area contributed by atoms with Crippen molar-refractivity contribution in [2.24, 2.45) is 5.92 Å². The molecule has 0 aromatic heterocycles. The summed E-state index contributed by atoms with van der Waals surface area (Å²) in [6.45, 7) is 0. The van der Waals surface area contributed by atoms with Crippen LogP contribution in [-0.2, 0) is 0 Å². The first-order chi connectivity index (χ1) is 8.70. The van der Waals surface area contributed by atoms with E-state index in [4.69, 9.17) is 4.74 Å². The highest BCUT2D eigenvalue weighted by molar-refractivity contribution is 9.10. The predicted octanol–water partition coefficient (Wildman–Crippen LogP) is 5.86. The molecule has 1 unspecified atom stereocenters. The highest BCUT2D eigenvalue weighted by atomic mass is 79.9. The van der Waals surface area contributed by atoms with Gasteiger partial charge in [-0.15, -0.1) is 0 Å². The predicted molar refractivity (Wildman–Crippen MR) is 83.6 cm³/mol. The van der Waals surface area contributed by atoms with Crippen molar-refractivity contribution in [3.05, 3.63) is 28.2 Å². The van der Waals surface area contributed by atoms with E-state index in [1.54, 1.807) is 7.11 Å². The maximum atomic E-state index is 5.27. The summed E-state index contributed by atoms with van der Waals surface area (Å²) >= 11 is 7.40. The van der Waals surface area contributed by atoms with Crippen molar-refractivity contribution in [3.8, 4) is 5.75 Å². The zero-order valence-corrected chi connectivity index (χ0v) is 14.0. The van der Waals surface area contributed by atoms with Crippen LogP contribution in [0.4, 0.5) is 0 Å². The molecule has 1 saturated carbocycles. The summed E-state index contributed by atoms with van der Waals surface area (Å²) in [6, 6.07) is 6.36. The lowest BCUT2D eigenvalue weighted by Gasteiger charge is -2.24. The molecule has 1 atom stereocenters. The van der Waals surface area contributed by atoms with Crippen LogP contribution in [-0.4, -0.2) is 7.11 Å². The van der Waals surface area contributed by atoms with Crippen molar-refractivity contribution >= 4 is 31.9 Å². The van der Waals surface area contributed by atoms with Crippen LogP contribution in [0, 0.1) is 5.92 Å². The molecule has 1 aromatic carbocycles. The molecule has 2 rings (SSSR count). The van der Waals surface area contributed by atoms with Gasteiger partial charge in [0, 0.05) is 4.83 Å². The van der Waals surface area contributed by atoms with Crippen LogP contribution in [0.15, 0.2) is 22.7 Å². The molecular formula is C15H20Br2O. The number of benzene rings is 1. The van der Waals surface area contributed by atoms with Gasteiger partial charge in [-0.05, 0) is 46.0 Å². The Balaban J connectivity index is 1.99. The molecular weight excluding hydrogens is 356 g/mol. The fraction of sp³-hybridized carbons (Fsp3) is 0.600. The van der Waals surface area contributed by atoms with E-state index in [0.29, 0.717) is 4.83 Å². The maximum absolute atomic E-state index is 5.27. The molecule has 0 aliphatic heterocycles. The van der Waals surface area contributed by atoms with Crippen LogP contribution >= 0.6 is 31.9 Å². The Morgan fingerprint density at radius 1 is 1.28 bits per heavy atom. The van der Waals surface area contributed by atoms with Crippen molar-refractivity contribution in [3.63, 3.8) is 0 Å². The number of methoxy groups -OCH3 is 1. The average Bonchev–Trinajstić information content (AvgIpc) is 2.39. The Morgan fingerprint density at radius 2 is 2.00 bits per heavy atom. The van der Waals surface area contributed by atoms with Gasteiger partial charge < -0.3 is 4.74 Å². The van der Waals surface area contributed by atoms with Gasteiger partial charge in [0.1, 0.15) is 5.75 Å². The van der Waals surface area contributed by atoms with E-state index in [1.807, 2.05) is 6.07 Å². The van der Waals surface area contributed by atoms with Crippen molar-refractivity contribution in [2.45, 2.75) is 43.4 Å². The molecule has 18 heavy (non-hydrogen) atoms. The first-order valence-electron chi connectivity index (χ1n) is 6.68. The quantitative estimate of drug-likeness (QED) is 0.598. The van der Waals surface area contributed by atoms with Crippen LogP contribution < -0.4 is 4.74 Å². The average molecular weight is 376 g/mol. The third-order valence-corrected chi connectivity index (χ3v) is 5.32. The second-order valence-corrected chi connectivity index (χ2v) is 7.06. The van der Waals surface area contributed by atoms with Gasteiger partial charge in [0.05, 0.1) is 11.6 Å². The minimum absolute atomic E-state index is 0.461. The second kappa shape index (κ2) is 6.95. The third kappa shape index (κ3) is 3.74. The maximum Gasteiger partial charge on any atom is 0.133 e. The summed E-state index contributed by atoms with van der Waals surface area (Å²) in [4.78, 5) is 0.461. The number of rotatable bonds is 4. The van der Waals surface area contributed by atoms with E-state index >= 15 is 0 Å². The summed E-state index contributed by atoms with van der Waals surface area (Å²) < 4.78 is 6.31. The molecule has 0 N–H and O–H groups in total. The lowest BCUT2D eigenvalue weighted by Crippen LogP contribution is -2.08. The monoisotopic (exact) mass is 374 g/mol. The zero-order valence-electron chi connectivity index (χ0n) is 10.8. The molecule has 0 saturated heterocycles. The minimum atomic E-state index is 0.461. The van der Waals surface area contributed by atoms with Gasteiger partial charge in [0.25, 0.3) is 0 Å². The van der Waals surface area contributed by atoms with Gasteiger partial charge in [-0.2, -0.15) is 0 Å². The molecule has 1 aliphatic rings. The fourth-order valence-electron chi connectivity index (χ4n) is 2.73. The fourth-order valence-corrected chi connectivity index (χ4v) is 4.10. The molecule has 0 heterocycles. The number of alkyl halides is 1. The van der Waals surface area contributed by atoms with Crippen molar-refractivity contribution in [2.75, 3.05) is 7.11 Å². The van der Waals surface area contributed by atoms with Crippen molar-refractivity contribution < 1.29 is 4.74 Å². The molecule has 0 spiro atoms. The number of hydrogen-bond acceptors (Lipinski definition) is 1. The molecule has 1 aliphatic carbocycles. The Labute approximate surface area is 127 Å². The first kappa shape index (κ1) is 14.4. The standard InChI is InChI=1S/C15H20Br2O/c1-18-15-8-7-12(10-14(15)17)13(16)9-11-5-3-2-4-6-11/h7-8,10-11,13H,2-6,9H2,1H3. The molecule has 3 heteroatoms. The van der Waals surface area contributed by atoms with Gasteiger partial charge in [0.2, 0.25) is 0 Å². The molecule has 1 aromatic rings. The van der Waals surface area contributed by atoms with Crippen molar-refractivity contribution in [1.29, 1.82) is 0 Å². The van der Waals surface area contributed by atoms with Gasteiger partial charge in [0.15, 0.2) is 0 Å². The first-order valence-corrected chi connectivity index (χ1v) is 8.39. The SMILES string of the molecule is COc1ccc(C(Br)CC2CCCCC2)cc1Br. The Bertz CT molecular complexity index is 386. The van der Waals surface area contributed by atoms with Gasteiger partial charge in [-0.3, -0.25) is 0 Å². The zero-order chi connectivity index (χ0) is 13.0. The summed E-state index contributed by atoms with van der Waals surface area (Å²) in [5, 5.41) is 0. The number of hydrogen-bond donors (Lipinski definition) is 0. The van der Waals surface area contributed by atoms with E-state index in [0.717, 1.165) is 16.1 Å². The van der Waals surface area contributed by atoms with E-state index in [9.17, 15) is 0 Å². The van der Waals surface area contributed by atoms with Crippen LogP contribution in [0.3, 0.4) is 0 Å². The molecule has 1 nitrogen and oxygen atoms in total. The van der Waals surface area contributed by atoms with Gasteiger partial charge in [-0.1, -0.05) is 54.1 Å². The Kier molecular flexibility index (Phi) is 5.56. The molecule has 100 valence electrons. The molecule has 1 fully saturated rings. The number of ether oxygens (including phenoxy) is 1. The smallest absolute Gasteiger partial charge is 0.133 e. The Morgan fingerprint density at radius 3 is 2.61 bits per heavy atom. The number of halogens is 2. The summed E-state index contributed by atoms with van der Waals surface area (Å²) in [7, 11) is 1.70. The van der Waals surface area contributed by atoms with E-state index < -0.39 is 0 Å². The molecule has 0 radical (unpaired) electrons. The van der Waals surface area contributed by atoms with Crippen LogP contribution in [0.5, 0.6) is 5.75 Å². The van der Waals surface area contributed by atoms with Crippen LogP contribution in [0.1, 0.15) is 48.9 Å². The lowest BCUT2D eigenvalue weighted by molar-refractivity contribution is 0.338. The lowest BCUT2D eigenvalue weighted by atomic mass is 9.85. The molecule has 0 bridgehead atoms. The van der Waals surface area contributed by atoms with E-state index in [2.05, 4.69) is 44.0 Å². The second-order valence-electron chi connectivity index (χ2n) is 5.10. The highest BCUT2D eigenvalue weighted by Gasteiger charge is 2.19. The highest BCUT2D eigenvalue weighted by Crippen LogP contribution is 2.38. The van der Waals surface area contributed by atoms with Crippen LogP contribution in [0.2, 0.25) is 0 Å². The van der Waals surface area contributed by atoms with Crippen LogP contribution in [0.25, 0.3) is 0 Å². The minimum Gasteiger partial charge on any atom is -0.496 e. The summed E-state index contributed by atoms with van der Waals surface area (Å²) in [5.41, 5.74) is 1.34. The van der Waals surface area contributed by atoms with Crippen molar-refractivity contribution in [1.82, 2.24) is 0 Å². The van der Waals surface area contributed by atoms with E-state index in [-0.39, 0.29) is 0 Å². The summed E-state index contributed by atoms with van der Waals surface area (Å²) in [6.07, 6.45) is 8.31. The largest absolute Gasteiger partial charge is 0.496 e. The normalized spacial score (nSPS) is 18.6.